The number of carbonyl (C=O) groups is 1. The SMILES string of the molecule is O=C(NCC1=CS(=O)(=O)C1)c1ccc(C2CCCC2)cc1OC1CC1. The van der Waals surface area contributed by atoms with Crippen molar-refractivity contribution >= 4 is 15.7 Å². The number of rotatable bonds is 6. The molecule has 1 heterocycles. The maximum Gasteiger partial charge on any atom is 0.255 e. The van der Waals surface area contributed by atoms with E-state index in [0.29, 0.717) is 17.2 Å². The van der Waals surface area contributed by atoms with E-state index in [1.54, 1.807) is 0 Å². The van der Waals surface area contributed by atoms with E-state index >= 15 is 0 Å². The van der Waals surface area contributed by atoms with Crippen LogP contribution < -0.4 is 10.1 Å². The standard InChI is InChI=1S/C19H23NO4S/c21-19(20-10-13-11-25(22,23)12-13)17-8-5-15(14-3-1-2-4-14)9-18(17)24-16-6-7-16/h5,8-9,11,14,16H,1-4,6-7,10,12H2,(H,20,21). The Kier molecular flexibility index (Phi) is 4.31. The molecule has 0 aromatic heterocycles. The van der Waals surface area contributed by atoms with Gasteiger partial charge in [-0.3, -0.25) is 4.79 Å². The normalized spacial score (nSPS) is 22.2. The maximum absolute atomic E-state index is 12.5. The molecule has 0 atom stereocenters. The minimum absolute atomic E-state index is 0.0410. The van der Waals surface area contributed by atoms with Crippen LogP contribution in [0.3, 0.4) is 0 Å². The maximum atomic E-state index is 12.5. The first-order valence-corrected chi connectivity index (χ1v) is 10.7. The Morgan fingerprint density at radius 1 is 1.16 bits per heavy atom. The Morgan fingerprint density at radius 2 is 1.88 bits per heavy atom. The molecular weight excluding hydrogens is 338 g/mol. The van der Waals surface area contributed by atoms with Crippen LogP contribution in [0.5, 0.6) is 5.75 Å². The predicted octanol–water partition coefficient (Wildman–Crippen LogP) is 2.93. The molecule has 0 unspecified atom stereocenters. The summed E-state index contributed by atoms with van der Waals surface area (Å²) in [5.41, 5.74) is 2.54. The van der Waals surface area contributed by atoms with Gasteiger partial charge in [-0.15, -0.1) is 0 Å². The number of hydrogen-bond donors (Lipinski definition) is 1. The smallest absolute Gasteiger partial charge is 0.255 e. The molecule has 2 fully saturated rings. The number of nitrogens with one attached hydrogen (secondary N) is 1. The van der Waals surface area contributed by atoms with Gasteiger partial charge in [0.1, 0.15) is 5.75 Å². The molecule has 0 radical (unpaired) electrons. The molecule has 1 aromatic carbocycles. The summed E-state index contributed by atoms with van der Waals surface area (Å²) in [4.78, 5) is 12.5. The molecule has 2 aliphatic carbocycles. The van der Waals surface area contributed by atoms with Crippen molar-refractivity contribution < 1.29 is 17.9 Å². The van der Waals surface area contributed by atoms with Crippen LogP contribution in [0.1, 0.15) is 60.4 Å². The Hall–Kier alpha value is -1.82. The van der Waals surface area contributed by atoms with E-state index in [9.17, 15) is 13.2 Å². The largest absolute Gasteiger partial charge is 0.490 e. The van der Waals surface area contributed by atoms with E-state index in [1.807, 2.05) is 18.2 Å². The summed E-state index contributed by atoms with van der Waals surface area (Å²) < 4.78 is 28.3. The Labute approximate surface area is 148 Å². The van der Waals surface area contributed by atoms with Crippen molar-refractivity contribution in [3.63, 3.8) is 0 Å². The highest BCUT2D eigenvalue weighted by Crippen LogP contribution is 2.37. The van der Waals surface area contributed by atoms with Gasteiger partial charge in [-0.25, -0.2) is 8.42 Å². The van der Waals surface area contributed by atoms with Gasteiger partial charge in [-0.1, -0.05) is 18.9 Å². The van der Waals surface area contributed by atoms with Gasteiger partial charge in [0.2, 0.25) is 0 Å². The molecule has 1 N–H and O–H groups in total. The van der Waals surface area contributed by atoms with Gasteiger partial charge in [-0.2, -0.15) is 0 Å². The molecule has 4 rings (SSSR count). The Bertz CT molecular complexity index is 818. The van der Waals surface area contributed by atoms with E-state index in [0.717, 1.165) is 18.4 Å². The second-order valence-corrected chi connectivity index (χ2v) is 9.17. The van der Waals surface area contributed by atoms with Crippen molar-refractivity contribution in [2.24, 2.45) is 0 Å². The van der Waals surface area contributed by atoms with E-state index in [-0.39, 0.29) is 24.3 Å². The van der Waals surface area contributed by atoms with Crippen molar-refractivity contribution in [3.8, 4) is 5.75 Å². The third-order valence-corrected chi connectivity index (χ3v) is 6.57. The second kappa shape index (κ2) is 6.48. The van der Waals surface area contributed by atoms with E-state index < -0.39 is 9.84 Å². The first kappa shape index (κ1) is 16.6. The number of benzene rings is 1. The van der Waals surface area contributed by atoms with Gasteiger partial charge in [-0.05, 0) is 54.9 Å². The van der Waals surface area contributed by atoms with Gasteiger partial charge in [0, 0.05) is 12.0 Å². The monoisotopic (exact) mass is 361 g/mol. The highest BCUT2D eigenvalue weighted by atomic mass is 32.2. The van der Waals surface area contributed by atoms with Crippen molar-refractivity contribution in [1.29, 1.82) is 0 Å². The number of amides is 1. The summed E-state index contributed by atoms with van der Waals surface area (Å²) in [6, 6.07) is 5.93. The van der Waals surface area contributed by atoms with Crippen molar-refractivity contribution in [1.82, 2.24) is 5.32 Å². The number of hydrogen-bond acceptors (Lipinski definition) is 4. The molecule has 3 aliphatic rings. The van der Waals surface area contributed by atoms with E-state index in [2.05, 4.69) is 5.32 Å². The molecule has 6 heteroatoms. The highest BCUT2D eigenvalue weighted by Gasteiger charge is 2.28. The van der Waals surface area contributed by atoms with E-state index in [1.165, 1.54) is 36.7 Å². The Morgan fingerprint density at radius 3 is 2.52 bits per heavy atom. The molecule has 1 amide bonds. The minimum atomic E-state index is -3.01. The minimum Gasteiger partial charge on any atom is -0.490 e. The number of sulfone groups is 1. The average Bonchev–Trinajstić information content (AvgIpc) is 3.20. The van der Waals surface area contributed by atoms with Crippen LogP contribution in [-0.4, -0.2) is 32.7 Å². The van der Waals surface area contributed by atoms with Crippen LogP contribution >= 0.6 is 0 Å². The topological polar surface area (TPSA) is 72.5 Å². The van der Waals surface area contributed by atoms with Gasteiger partial charge >= 0.3 is 0 Å². The molecule has 134 valence electrons. The van der Waals surface area contributed by atoms with Crippen LogP contribution in [0.4, 0.5) is 0 Å². The zero-order valence-corrected chi connectivity index (χ0v) is 15.0. The van der Waals surface area contributed by atoms with Gasteiger partial charge < -0.3 is 10.1 Å². The van der Waals surface area contributed by atoms with Crippen LogP contribution in [0.25, 0.3) is 0 Å². The summed E-state index contributed by atoms with van der Waals surface area (Å²) in [6.07, 6.45) is 7.25. The fourth-order valence-electron chi connectivity index (χ4n) is 3.57. The molecule has 25 heavy (non-hydrogen) atoms. The first-order valence-electron chi connectivity index (χ1n) is 9.01. The van der Waals surface area contributed by atoms with Crippen LogP contribution in [0.2, 0.25) is 0 Å². The third-order valence-electron chi connectivity index (χ3n) is 5.10. The lowest BCUT2D eigenvalue weighted by Gasteiger charge is -2.18. The van der Waals surface area contributed by atoms with Gasteiger partial charge in [0.05, 0.1) is 17.4 Å². The third kappa shape index (κ3) is 3.89. The summed E-state index contributed by atoms with van der Waals surface area (Å²) in [5.74, 6) is 1.07. The zero-order chi connectivity index (χ0) is 17.4. The molecule has 1 aliphatic heterocycles. The molecule has 2 saturated carbocycles. The average molecular weight is 361 g/mol. The molecule has 0 spiro atoms. The van der Waals surface area contributed by atoms with Crippen molar-refractivity contribution in [2.75, 3.05) is 12.3 Å². The van der Waals surface area contributed by atoms with Gasteiger partial charge in [0.15, 0.2) is 9.84 Å². The number of carbonyl (C=O) groups excluding carboxylic acids is 1. The fraction of sp³-hybridized carbons (Fsp3) is 0.526. The second-order valence-electron chi connectivity index (χ2n) is 7.32. The molecule has 5 nitrogen and oxygen atoms in total. The molecule has 0 saturated heterocycles. The quantitative estimate of drug-likeness (QED) is 0.845. The van der Waals surface area contributed by atoms with Crippen molar-refractivity contribution in [2.45, 2.75) is 50.5 Å². The zero-order valence-electron chi connectivity index (χ0n) is 14.2. The lowest BCUT2D eigenvalue weighted by Crippen LogP contribution is -2.31. The van der Waals surface area contributed by atoms with Crippen molar-refractivity contribution in [3.05, 3.63) is 40.3 Å². The molecule has 0 bridgehead atoms. The molecular formula is C19H23NO4S. The summed E-state index contributed by atoms with van der Waals surface area (Å²) in [7, 11) is -3.01. The number of ether oxygens (including phenoxy) is 1. The molecule has 1 aromatic rings. The lowest BCUT2D eigenvalue weighted by molar-refractivity contribution is 0.0952. The predicted molar refractivity (Wildman–Crippen MR) is 95.5 cm³/mol. The van der Waals surface area contributed by atoms with E-state index in [4.69, 9.17) is 4.74 Å². The van der Waals surface area contributed by atoms with Crippen LogP contribution in [0.15, 0.2) is 29.2 Å². The van der Waals surface area contributed by atoms with Crippen LogP contribution in [0, 0.1) is 0 Å². The van der Waals surface area contributed by atoms with Gasteiger partial charge in [0.25, 0.3) is 5.91 Å². The lowest BCUT2D eigenvalue weighted by atomic mass is 9.96. The fourth-order valence-corrected chi connectivity index (χ4v) is 4.74. The summed E-state index contributed by atoms with van der Waals surface area (Å²) in [5, 5.41) is 4.04. The Balaban J connectivity index is 1.49. The highest BCUT2D eigenvalue weighted by molar-refractivity contribution is 7.95. The van der Waals surface area contributed by atoms with Crippen LogP contribution in [-0.2, 0) is 9.84 Å². The summed E-state index contributed by atoms with van der Waals surface area (Å²) in [6.45, 7) is 0.269. The first-order chi connectivity index (χ1) is 12.0. The summed E-state index contributed by atoms with van der Waals surface area (Å²) >= 11 is 0.